The monoisotopic (exact) mass is 381 g/mol. The molecule has 1 amide bonds. The van der Waals surface area contributed by atoms with Gasteiger partial charge < -0.3 is 9.73 Å². The quantitative estimate of drug-likeness (QED) is 0.563. The first-order valence-electron chi connectivity index (χ1n) is 8.99. The molecule has 1 N–H and O–H groups in total. The van der Waals surface area contributed by atoms with E-state index >= 15 is 0 Å². The number of nitrogens with one attached hydrogen (secondary N) is 1. The van der Waals surface area contributed by atoms with Gasteiger partial charge in [0.1, 0.15) is 0 Å². The first-order chi connectivity index (χ1) is 13.1. The molecule has 0 saturated carbocycles. The van der Waals surface area contributed by atoms with Crippen LogP contribution in [0, 0.1) is 6.92 Å². The van der Waals surface area contributed by atoms with Crippen LogP contribution < -0.4 is 5.32 Å². The lowest BCUT2D eigenvalue weighted by Crippen LogP contribution is -2.14. The van der Waals surface area contributed by atoms with Crippen molar-refractivity contribution in [1.29, 1.82) is 0 Å². The Morgan fingerprint density at radius 1 is 1.15 bits per heavy atom. The second kappa shape index (κ2) is 8.86. The standard InChI is InChI=1S/C21H23N3O2S/c1-4-14(2)16-9-11-17(12-10-16)22-19(25)13-27-21-24-23-20(26-21)18-8-6-5-7-15(18)3/h5-12,14H,4,13H2,1-3H3,(H,22,25). The minimum Gasteiger partial charge on any atom is -0.411 e. The second-order valence-corrected chi connectivity index (χ2v) is 7.38. The highest BCUT2D eigenvalue weighted by molar-refractivity contribution is 7.99. The van der Waals surface area contributed by atoms with E-state index in [9.17, 15) is 4.79 Å². The molecular formula is C21H23N3O2S. The summed E-state index contributed by atoms with van der Waals surface area (Å²) >= 11 is 1.23. The maximum absolute atomic E-state index is 12.2. The normalized spacial score (nSPS) is 12.0. The van der Waals surface area contributed by atoms with Crippen molar-refractivity contribution in [3.8, 4) is 11.5 Å². The Bertz CT molecular complexity index is 906. The van der Waals surface area contributed by atoms with Crippen LogP contribution in [0.3, 0.4) is 0 Å². The Morgan fingerprint density at radius 3 is 2.59 bits per heavy atom. The Hall–Kier alpha value is -2.60. The van der Waals surface area contributed by atoms with Gasteiger partial charge in [0.05, 0.1) is 5.75 Å². The summed E-state index contributed by atoms with van der Waals surface area (Å²) in [6.45, 7) is 6.35. The van der Waals surface area contributed by atoms with Gasteiger partial charge in [-0.2, -0.15) is 0 Å². The zero-order valence-corrected chi connectivity index (χ0v) is 16.5. The number of carbonyl (C=O) groups excluding carboxylic acids is 1. The first-order valence-corrected chi connectivity index (χ1v) is 9.97. The number of hydrogen-bond acceptors (Lipinski definition) is 5. The number of amides is 1. The number of aromatic nitrogens is 2. The summed E-state index contributed by atoms with van der Waals surface area (Å²) in [5, 5.41) is 11.4. The largest absolute Gasteiger partial charge is 0.411 e. The number of carbonyl (C=O) groups is 1. The predicted octanol–water partition coefficient (Wildman–Crippen LogP) is 5.29. The first kappa shape index (κ1) is 19.2. The molecule has 0 aliphatic heterocycles. The molecule has 5 nitrogen and oxygen atoms in total. The van der Waals surface area contributed by atoms with E-state index in [1.165, 1.54) is 17.3 Å². The molecule has 1 atom stereocenters. The zero-order valence-electron chi connectivity index (χ0n) is 15.7. The molecule has 27 heavy (non-hydrogen) atoms. The number of benzene rings is 2. The van der Waals surface area contributed by atoms with E-state index in [4.69, 9.17) is 4.42 Å². The van der Waals surface area contributed by atoms with E-state index < -0.39 is 0 Å². The van der Waals surface area contributed by atoms with Crippen LogP contribution in [-0.2, 0) is 4.79 Å². The van der Waals surface area contributed by atoms with Crippen molar-refractivity contribution in [3.63, 3.8) is 0 Å². The summed E-state index contributed by atoms with van der Waals surface area (Å²) in [4.78, 5) is 12.2. The van der Waals surface area contributed by atoms with E-state index in [1.54, 1.807) is 0 Å². The fourth-order valence-corrected chi connectivity index (χ4v) is 3.21. The third kappa shape index (κ3) is 4.98. The summed E-state index contributed by atoms with van der Waals surface area (Å²) in [7, 11) is 0. The van der Waals surface area contributed by atoms with E-state index in [1.807, 2.05) is 43.3 Å². The molecular weight excluding hydrogens is 358 g/mol. The molecule has 0 aliphatic rings. The van der Waals surface area contributed by atoms with E-state index in [-0.39, 0.29) is 11.7 Å². The maximum Gasteiger partial charge on any atom is 0.277 e. The van der Waals surface area contributed by atoms with Gasteiger partial charge in [-0.1, -0.05) is 55.9 Å². The highest BCUT2D eigenvalue weighted by Crippen LogP contribution is 2.25. The number of aryl methyl sites for hydroxylation is 1. The minimum atomic E-state index is -0.105. The average molecular weight is 382 g/mol. The number of nitrogens with zero attached hydrogens (tertiary/aromatic N) is 2. The highest BCUT2D eigenvalue weighted by Gasteiger charge is 2.13. The van der Waals surface area contributed by atoms with E-state index in [2.05, 4.69) is 41.5 Å². The molecule has 0 spiro atoms. The lowest BCUT2D eigenvalue weighted by atomic mass is 9.99. The van der Waals surface area contributed by atoms with Crippen molar-refractivity contribution in [2.24, 2.45) is 0 Å². The molecule has 1 heterocycles. The van der Waals surface area contributed by atoms with Crippen LogP contribution in [-0.4, -0.2) is 21.9 Å². The topological polar surface area (TPSA) is 68.0 Å². The molecule has 1 aromatic heterocycles. The number of hydrogen-bond donors (Lipinski definition) is 1. The van der Waals surface area contributed by atoms with Gasteiger partial charge in [-0.15, -0.1) is 10.2 Å². The van der Waals surface area contributed by atoms with Crippen LogP contribution in [0.4, 0.5) is 5.69 Å². The van der Waals surface area contributed by atoms with Gasteiger partial charge in [-0.25, -0.2) is 0 Å². The minimum absolute atomic E-state index is 0.105. The third-order valence-electron chi connectivity index (χ3n) is 4.48. The Kier molecular flexibility index (Phi) is 6.29. The van der Waals surface area contributed by atoms with Crippen LogP contribution >= 0.6 is 11.8 Å². The van der Waals surface area contributed by atoms with Gasteiger partial charge in [0.2, 0.25) is 11.8 Å². The fourth-order valence-electron chi connectivity index (χ4n) is 2.64. The lowest BCUT2D eigenvalue weighted by molar-refractivity contribution is -0.113. The Morgan fingerprint density at radius 2 is 1.89 bits per heavy atom. The molecule has 3 aromatic rings. The van der Waals surface area contributed by atoms with Crippen molar-refractivity contribution in [2.75, 3.05) is 11.1 Å². The molecule has 140 valence electrons. The average Bonchev–Trinajstić information content (AvgIpc) is 3.15. The summed E-state index contributed by atoms with van der Waals surface area (Å²) < 4.78 is 5.67. The molecule has 3 rings (SSSR count). The summed E-state index contributed by atoms with van der Waals surface area (Å²) in [6.07, 6.45) is 1.09. The Balaban J connectivity index is 1.55. The predicted molar refractivity (Wildman–Crippen MR) is 109 cm³/mol. The number of thioether (sulfide) groups is 1. The molecule has 0 radical (unpaired) electrons. The van der Waals surface area contributed by atoms with Gasteiger partial charge in [0, 0.05) is 11.3 Å². The fraction of sp³-hybridized carbons (Fsp3) is 0.286. The second-order valence-electron chi connectivity index (χ2n) is 6.46. The van der Waals surface area contributed by atoms with Crippen molar-refractivity contribution >= 4 is 23.4 Å². The van der Waals surface area contributed by atoms with Crippen molar-refractivity contribution in [2.45, 2.75) is 38.3 Å². The van der Waals surface area contributed by atoms with Gasteiger partial charge in [0.15, 0.2) is 0 Å². The Labute approximate surface area is 163 Å². The van der Waals surface area contributed by atoms with E-state index in [0.717, 1.165) is 23.2 Å². The van der Waals surface area contributed by atoms with Gasteiger partial charge >= 0.3 is 0 Å². The molecule has 0 aliphatic carbocycles. The van der Waals surface area contributed by atoms with E-state index in [0.29, 0.717) is 17.0 Å². The lowest BCUT2D eigenvalue weighted by Gasteiger charge is -2.10. The van der Waals surface area contributed by atoms with Crippen LogP contribution in [0.25, 0.3) is 11.5 Å². The third-order valence-corrected chi connectivity index (χ3v) is 5.30. The molecule has 0 fully saturated rings. The van der Waals surface area contributed by atoms with Crippen LogP contribution in [0.5, 0.6) is 0 Å². The van der Waals surface area contributed by atoms with Crippen molar-refractivity contribution in [1.82, 2.24) is 10.2 Å². The van der Waals surface area contributed by atoms with Crippen LogP contribution in [0.2, 0.25) is 0 Å². The molecule has 0 bridgehead atoms. The van der Waals surface area contributed by atoms with Crippen molar-refractivity contribution < 1.29 is 9.21 Å². The molecule has 1 unspecified atom stereocenters. The maximum atomic E-state index is 12.2. The smallest absolute Gasteiger partial charge is 0.277 e. The molecule has 6 heteroatoms. The molecule has 2 aromatic carbocycles. The van der Waals surface area contributed by atoms with Gasteiger partial charge in [-0.3, -0.25) is 4.79 Å². The van der Waals surface area contributed by atoms with Crippen LogP contribution in [0.15, 0.2) is 58.2 Å². The van der Waals surface area contributed by atoms with Crippen LogP contribution in [0.1, 0.15) is 37.3 Å². The van der Waals surface area contributed by atoms with Gasteiger partial charge in [-0.05, 0) is 48.6 Å². The number of anilines is 1. The highest BCUT2D eigenvalue weighted by atomic mass is 32.2. The summed E-state index contributed by atoms with van der Waals surface area (Å²) in [6, 6.07) is 15.8. The SMILES string of the molecule is CCC(C)c1ccc(NC(=O)CSc2nnc(-c3ccccc3C)o2)cc1. The van der Waals surface area contributed by atoms with Crippen molar-refractivity contribution in [3.05, 3.63) is 59.7 Å². The molecule has 0 saturated heterocycles. The summed E-state index contributed by atoms with van der Waals surface area (Å²) in [5.41, 5.74) is 4.04. The summed E-state index contributed by atoms with van der Waals surface area (Å²) in [5.74, 6) is 1.09. The zero-order chi connectivity index (χ0) is 19.2. The number of rotatable bonds is 7. The van der Waals surface area contributed by atoms with Gasteiger partial charge in [0.25, 0.3) is 5.22 Å².